The maximum absolute atomic E-state index is 12.4. The van der Waals surface area contributed by atoms with Crippen molar-refractivity contribution < 1.29 is 17.9 Å². The lowest BCUT2D eigenvalue weighted by Crippen LogP contribution is -2.27. The van der Waals surface area contributed by atoms with Crippen molar-refractivity contribution in [2.75, 3.05) is 6.61 Å². The van der Waals surface area contributed by atoms with Gasteiger partial charge in [0.25, 0.3) is 0 Å². The zero-order chi connectivity index (χ0) is 14.5. The molecule has 2 atom stereocenters. The number of alkyl halides is 3. The third-order valence-corrected chi connectivity index (χ3v) is 3.02. The van der Waals surface area contributed by atoms with Crippen molar-refractivity contribution in [3.8, 4) is 11.8 Å². The monoisotopic (exact) mass is 271 g/mol. The zero-order valence-electron chi connectivity index (χ0n) is 10.9. The molecule has 0 fully saturated rings. The molecule has 0 aliphatic heterocycles. The fourth-order valence-electron chi connectivity index (χ4n) is 1.62. The molecule has 0 N–H and O–H groups in total. The highest BCUT2D eigenvalue weighted by Gasteiger charge is 2.40. The second-order valence-electron chi connectivity index (χ2n) is 4.38. The van der Waals surface area contributed by atoms with Crippen LogP contribution in [0.4, 0.5) is 13.2 Å². The smallest absolute Gasteiger partial charge is 0.407 e. The van der Waals surface area contributed by atoms with E-state index in [1.165, 1.54) is 6.07 Å². The van der Waals surface area contributed by atoms with E-state index in [-0.39, 0.29) is 5.92 Å². The topological polar surface area (TPSA) is 33.0 Å². The van der Waals surface area contributed by atoms with E-state index in [2.05, 4.69) is 0 Å². The predicted octanol–water partition coefficient (Wildman–Crippen LogP) is 4.28. The van der Waals surface area contributed by atoms with Gasteiger partial charge in [-0.25, -0.2) is 0 Å². The van der Waals surface area contributed by atoms with Gasteiger partial charge in [0, 0.05) is 0 Å². The molecule has 0 saturated carbocycles. The van der Waals surface area contributed by atoms with Crippen LogP contribution in [0.15, 0.2) is 24.3 Å². The molecule has 5 heteroatoms. The number of hydrogen-bond acceptors (Lipinski definition) is 2. The largest absolute Gasteiger partial charge is 0.492 e. The Morgan fingerprint density at radius 1 is 1.32 bits per heavy atom. The number of nitriles is 1. The molecule has 0 bridgehead atoms. The van der Waals surface area contributed by atoms with Crippen molar-refractivity contribution in [1.82, 2.24) is 0 Å². The Balaban J connectivity index is 2.81. The second kappa shape index (κ2) is 6.46. The molecule has 2 unspecified atom stereocenters. The van der Waals surface area contributed by atoms with Crippen molar-refractivity contribution in [3.05, 3.63) is 29.8 Å². The number of benzene rings is 1. The Morgan fingerprint density at radius 3 is 2.47 bits per heavy atom. The van der Waals surface area contributed by atoms with Crippen LogP contribution in [-0.2, 0) is 0 Å². The summed E-state index contributed by atoms with van der Waals surface area (Å²) in [7, 11) is 0. The lowest BCUT2D eigenvalue weighted by molar-refractivity contribution is -0.165. The van der Waals surface area contributed by atoms with Gasteiger partial charge in [0.15, 0.2) is 5.92 Å². The second-order valence-corrected chi connectivity index (χ2v) is 4.38. The third kappa shape index (κ3) is 4.16. The fraction of sp³-hybridized carbons (Fsp3) is 0.500. The van der Waals surface area contributed by atoms with Gasteiger partial charge >= 0.3 is 6.18 Å². The zero-order valence-corrected chi connectivity index (χ0v) is 10.9. The Bertz CT molecular complexity index is 451. The molecule has 104 valence electrons. The van der Waals surface area contributed by atoms with E-state index in [4.69, 9.17) is 10.00 Å². The first-order chi connectivity index (χ1) is 8.90. The van der Waals surface area contributed by atoms with Crippen molar-refractivity contribution in [2.24, 2.45) is 5.92 Å². The van der Waals surface area contributed by atoms with Crippen LogP contribution < -0.4 is 4.74 Å². The molecule has 1 aromatic rings. The van der Waals surface area contributed by atoms with Gasteiger partial charge in [-0.2, -0.15) is 18.4 Å². The predicted molar refractivity (Wildman–Crippen MR) is 65.8 cm³/mol. The molecule has 0 amide bonds. The van der Waals surface area contributed by atoms with Crippen molar-refractivity contribution >= 4 is 0 Å². The molecule has 0 aliphatic carbocycles. The van der Waals surface area contributed by atoms with Crippen LogP contribution in [-0.4, -0.2) is 12.8 Å². The minimum absolute atomic E-state index is 0.197. The summed E-state index contributed by atoms with van der Waals surface area (Å²) in [5, 5.41) is 8.51. The minimum atomic E-state index is -4.56. The van der Waals surface area contributed by atoms with E-state index in [9.17, 15) is 13.2 Å². The summed E-state index contributed by atoms with van der Waals surface area (Å²) in [6.07, 6.45) is -3.69. The van der Waals surface area contributed by atoms with Crippen LogP contribution in [0.3, 0.4) is 0 Å². The van der Waals surface area contributed by atoms with E-state index in [0.29, 0.717) is 5.75 Å². The molecule has 0 aromatic heterocycles. The lowest BCUT2D eigenvalue weighted by atomic mass is 9.98. The first kappa shape index (κ1) is 15.4. The number of halogens is 3. The van der Waals surface area contributed by atoms with E-state index in [0.717, 1.165) is 12.0 Å². The standard InChI is InChI=1S/C14H16F3NO/c1-3-10(2)12-6-4-5-7-13(12)19-9-11(8-18)14(15,16)17/h4-7,10-11H,3,9H2,1-2H3. The average Bonchev–Trinajstić information content (AvgIpc) is 2.37. The molecular weight excluding hydrogens is 255 g/mol. The van der Waals surface area contributed by atoms with Gasteiger partial charge in [-0.15, -0.1) is 0 Å². The summed E-state index contributed by atoms with van der Waals surface area (Å²) < 4.78 is 42.5. The number of rotatable bonds is 5. The molecule has 0 aliphatic rings. The van der Waals surface area contributed by atoms with E-state index in [1.54, 1.807) is 12.1 Å². The highest BCUT2D eigenvalue weighted by Crippen LogP contribution is 2.31. The summed E-state index contributed by atoms with van der Waals surface area (Å²) in [5.41, 5.74) is 0.865. The number of nitrogens with zero attached hydrogens (tertiary/aromatic N) is 1. The fourth-order valence-corrected chi connectivity index (χ4v) is 1.62. The summed E-state index contributed by atoms with van der Waals surface area (Å²) >= 11 is 0. The normalized spacial score (nSPS) is 14.5. The molecule has 2 nitrogen and oxygen atoms in total. The van der Waals surface area contributed by atoms with Gasteiger partial charge < -0.3 is 4.74 Å². The Labute approximate surface area is 110 Å². The summed E-state index contributed by atoms with van der Waals surface area (Å²) in [4.78, 5) is 0. The molecule has 0 heterocycles. The van der Waals surface area contributed by atoms with Crippen LogP contribution >= 0.6 is 0 Å². The van der Waals surface area contributed by atoms with Crippen molar-refractivity contribution in [2.45, 2.75) is 32.4 Å². The molecule has 0 spiro atoms. The lowest BCUT2D eigenvalue weighted by Gasteiger charge is -2.18. The van der Waals surface area contributed by atoms with Crippen LogP contribution in [0.5, 0.6) is 5.75 Å². The van der Waals surface area contributed by atoms with Gasteiger partial charge in [0.2, 0.25) is 0 Å². The average molecular weight is 271 g/mol. The number of hydrogen-bond donors (Lipinski definition) is 0. The molecule has 1 aromatic carbocycles. The summed E-state index contributed by atoms with van der Waals surface area (Å²) in [6.45, 7) is 3.30. The van der Waals surface area contributed by atoms with Crippen LogP contribution in [0.2, 0.25) is 0 Å². The highest BCUT2D eigenvalue weighted by atomic mass is 19.4. The Hall–Kier alpha value is -1.70. The molecule has 19 heavy (non-hydrogen) atoms. The first-order valence-electron chi connectivity index (χ1n) is 6.08. The molecule has 0 saturated heterocycles. The molecular formula is C14H16F3NO. The van der Waals surface area contributed by atoms with Crippen LogP contribution in [0.1, 0.15) is 31.7 Å². The quantitative estimate of drug-likeness (QED) is 0.800. The first-order valence-corrected chi connectivity index (χ1v) is 6.08. The summed E-state index contributed by atoms with van der Waals surface area (Å²) in [6, 6.07) is 8.21. The van der Waals surface area contributed by atoms with E-state index < -0.39 is 18.7 Å². The van der Waals surface area contributed by atoms with Gasteiger partial charge in [-0.3, -0.25) is 0 Å². The summed E-state index contributed by atoms with van der Waals surface area (Å²) in [5.74, 6) is -1.48. The Morgan fingerprint density at radius 2 is 1.95 bits per heavy atom. The van der Waals surface area contributed by atoms with Crippen molar-refractivity contribution in [1.29, 1.82) is 5.26 Å². The highest BCUT2D eigenvalue weighted by molar-refractivity contribution is 5.35. The molecule has 0 radical (unpaired) electrons. The Kier molecular flexibility index (Phi) is 5.22. The maximum atomic E-state index is 12.4. The molecule has 1 rings (SSSR count). The van der Waals surface area contributed by atoms with Gasteiger partial charge in [-0.1, -0.05) is 32.0 Å². The van der Waals surface area contributed by atoms with Crippen LogP contribution in [0.25, 0.3) is 0 Å². The number of ether oxygens (including phenoxy) is 1. The SMILES string of the molecule is CCC(C)c1ccccc1OCC(C#N)C(F)(F)F. The van der Waals surface area contributed by atoms with Crippen LogP contribution in [0, 0.1) is 17.2 Å². The van der Waals surface area contributed by atoms with E-state index >= 15 is 0 Å². The third-order valence-electron chi connectivity index (χ3n) is 3.02. The minimum Gasteiger partial charge on any atom is -0.492 e. The van der Waals surface area contributed by atoms with Gasteiger partial charge in [0.1, 0.15) is 12.4 Å². The van der Waals surface area contributed by atoms with E-state index in [1.807, 2.05) is 26.0 Å². The van der Waals surface area contributed by atoms with Crippen molar-refractivity contribution in [3.63, 3.8) is 0 Å². The van der Waals surface area contributed by atoms with Gasteiger partial charge in [-0.05, 0) is 24.0 Å². The van der Waals surface area contributed by atoms with Gasteiger partial charge in [0.05, 0.1) is 6.07 Å². The maximum Gasteiger partial charge on any atom is 0.407 e. The number of para-hydroxylation sites is 1.